The Labute approximate surface area is 124 Å². The van der Waals surface area contributed by atoms with Crippen LogP contribution >= 0.6 is 11.3 Å². The molecule has 0 amide bonds. The summed E-state index contributed by atoms with van der Waals surface area (Å²) in [7, 11) is 0. The summed E-state index contributed by atoms with van der Waals surface area (Å²) < 4.78 is 7.24. The minimum Gasteiger partial charge on any atom is -0.491 e. The normalized spacial score (nSPS) is 12.7. The quantitative estimate of drug-likeness (QED) is 0.725. The molecule has 21 heavy (non-hydrogen) atoms. The maximum atomic E-state index is 12.5. The highest BCUT2D eigenvalue weighted by Crippen LogP contribution is 2.27. The molecule has 1 aromatic heterocycles. The molecule has 0 radical (unpaired) electrons. The van der Waals surface area contributed by atoms with Gasteiger partial charge in [-0.05, 0) is 30.3 Å². The van der Waals surface area contributed by atoms with E-state index in [0.29, 0.717) is 16.5 Å². The third-order valence-corrected chi connectivity index (χ3v) is 4.35. The Morgan fingerprint density at radius 1 is 1.10 bits per heavy atom. The van der Waals surface area contributed by atoms with Gasteiger partial charge in [-0.25, -0.2) is 0 Å². The molecule has 0 aliphatic rings. The van der Waals surface area contributed by atoms with Crippen molar-refractivity contribution < 1.29 is 14.9 Å². The highest BCUT2D eigenvalue weighted by atomic mass is 32.1. The first-order chi connectivity index (χ1) is 10.2. The van der Waals surface area contributed by atoms with Gasteiger partial charge in [0, 0.05) is 20.2 Å². The van der Waals surface area contributed by atoms with Crippen molar-refractivity contribution in [3.05, 3.63) is 52.7 Å². The van der Waals surface area contributed by atoms with E-state index < -0.39 is 6.10 Å². The van der Waals surface area contributed by atoms with Crippen LogP contribution in [0.5, 0.6) is 5.75 Å². The number of benzene rings is 2. The van der Waals surface area contributed by atoms with Crippen molar-refractivity contribution in [1.82, 2.24) is 0 Å². The lowest BCUT2D eigenvalue weighted by molar-refractivity contribution is 0.0536. The average Bonchev–Trinajstić information content (AvgIpc) is 2.53. The van der Waals surface area contributed by atoms with E-state index >= 15 is 0 Å². The number of aliphatic hydroxyl groups excluding tert-OH is 2. The molecule has 1 unspecified atom stereocenters. The van der Waals surface area contributed by atoms with Crippen molar-refractivity contribution >= 4 is 31.5 Å². The van der Waals surface area contributed by atoms with Crippen LogP contribution in [0.4, 0.5) is 0 Å². The molecule has 108 valence electrons. The molecule has 0 saturated heterocycles. The largest absolute Gasteiger partial charge is 0.491 e. The van der Waals surface area contributed by atoms with Crippen LogP contribution in [0, 0.1) is 0 Å². The van der Waals surface area contributed by atoms with Crippen LogP contribution < -0.4 is 10.2 Å². The molecule has 1 heterocycles. The van der Waals surface area contributed by atoms with Gasteiger partial charge in [0.1, 0.15) is 18.5 Å². The van der Waals surface area contributed by atoms with Crippen molar-refractivity contribution in [2.75, 3.05) is 13.2 Å². The fourth-order valence-electron chi connectivity index (χ4n) is 2.12. The first kappa shape index (κ1) is 14.0. The van der Waals surface area contributed by atoms with E-state index in [1.807, 2.05) is 30.3 Å². The van der Waals surface area contributed by atoms with Gasteiger partial charge in [0.15, 0.2) is 5.43 Å². The maximum absolute atomic E-state index is 12.5. The van der Waals surface area contributed by atoms with Crippen LogP contribution in [0.1, 0.15) is 0 Å². The third kappa shape index (κ3) is 2.76. The van der Waals surface area contributed by atoms with Crippen LogP contribution in [0.3, 0.4) is 0 Å². The predicted molar refractivity (Wildman–Crippen MR) is 84.2 cm³/mol. The Kier molecular flexibility index (Phi) is 3.88. The molecule has 0 saturated carbocycles. The molecule has 3 aromatic rings. The lowest BCUT2D eigenvalue weighted by atomic mass is 10.2. The molecule has 5 heteroatoms. The molecule has 4 nitrogen and oxygen atoms in total. The van der Waals surface area contributed by atoms with Gasteiger partial charge in [0.25, 0.3) is 0 Å². The van der Waals surface area contributed by atoms with E-state index in [1.165, 1.54) is 0 Å². The molecule has 0 aliphatic heterocycles. The summed E-state index contributed by atoms with van der Waals surface area (Å²) in [4.78, 5) is 12.5. The number of aliphatic hydroxyl groups is 2. The first-order valence-corrected chi connectivity index (χ1v) is 7.38. The van der Waals surface area contributed by atoms with E-state index in [4.69, 9.17) is 9.84 Å². The Balaban J connectivity index is 2.06. The van der Waals surface area contributed by atoms with E-state index in [9.17, 15) is 9.90 Å². The number of fused-ring (bicyclic) bond motifs is 2. The Morgan fingerprint density at radius 3 is 2.67 bits per heavy atom. The minimum atomic E-state index is -0.924. The first-order valence-electron chi connectivity index (χ1n) is 6.56. The molecule has 2 N–H and O–H groups in total. The van der Waals surface area contributed by atoms with Gasteiger partial charge in [-0.3, -0.25) is 4.79 Å². The van der Waals surface area contributed by atoms with Crippen LogP contribution in [0.15, 0.2) is 47.3 Å². The summed E-state index contributed by atoms with van der Waals surface area (Å²) in [6, 6.07) is 12.8. The lowest BCUT2D eigenvalue weighted by Gasteiger charge is -2.10. The van der Waals surface area contributed by atoms with E-state index in [2.05, 4.69) is 0 Å². The smallest absolute Gasteiger partial charge is 0.196 e. The summed E-state index contributed by atoms with van der Waals surface area (Å²) in [5.41, 5.74) is -0.0208. The zero-order valence-corrected chi connectivity index (χ0v) is 12.0. The molecule has 0 fully saturated rings. The summed E-state index contributed by atoms with van der Waals surface area (Å²) in [6.07, 6.45) is -0.924. The second-order valence-corrected chi connectivity index (χ2v) is 5.82. The van der Waals surface area contributed by atoms with Crippen molar-refractivity contribution in [2.24, 2.45) is 0 Å². The summed E-state index contributed by atoms with van der Waals surface area (Å²) in [5, 5.41) is 19.4. The van der Waals surface area contributed by atoms with Gasteiger partial charge in [-0.1, -0.05) is 12.1 Å². The molecule has 2 aromatic carbocycles. The Morgan fingerprint density at radius 2 is 1.86 bits per heavy atom. The number of hydrogen-bond acceptors (Lipinski definition) is 5. The minimum absolute atomic E-state index is 0.00674. The molecule has 0 bridgehead atoms. The van der Waals surface area contributed by atoms with Crippen LogP contribution in [0.25, 0.3) is 20.2 Å². The topological polar surface area (TPSA) is 66.8 Å². The highest BCUT2D eigenvalue weighted by molar-refractivity contribution is 7.24. The zero-order valence-electron chi connectivity index (χ0n) is 11.2. The summed E-state index contributed by atoms with van der Waals surface area (Å²) in [5.74, 6) is 0.509. The number of ether oxygens (including phenoxy) is 1. The highest BCUT2D eigenvalue weighted by Gasteiger charge is 2.08. The monoisotopic (exact) mass is 302 g/mol. The third-order valence-electron chi connectivity index (χ3n) is 3.20. The Hall–Kier alpha value is -1.95. The fourth-order valence-corrected chi connectivity index (χ4v) is 3.17. The predicted octanol–water partition coefficient (Wildman–Crippen LogP) is 2.15. The van der Waals surface area contributed by atoms with Crippen molar-refractivity contribution in [2.45, 2.75) is 6.10 Å². The van der Waals surface area contributed by atoms with Crippen molar-refractivity contribution in [3.63, 3.8) is 0 Å². The molecular formula is C16H14O4S. The van der Waals surface area contributed by atoms with Gasteiger partial charge < -0.3 is 14.9 Å². The molecule has 0 spiro atoms. The van der Waals surface area contributed by atoms with E-state index in [1.54, 1.807) is 23.5 Å². The standard InChI is InChI=1S/C16H14O4S/c17-8-10(18)9-20-11-5-6-15-13(7-11)16(19)12-3-1-2-4-14(12)21-15/h1-7,10,17-18H,8-9H2. The summed E-state index contributed by atoms with van der Waals surface area (Å²) >= 11 is 1.56. The van der Waals surface area contributed by atoms with Gasteiger partial charge in [-0.15, -0.1) is 11.3 Å². The van der Waals surface area contributed by atoms with Crippen LogP contribution in [-0.2, 0) is 0 Å². The molecular weight excluding hydrogens is 288 g/mol. The maximum Gasteiger partial charge on any atom is 0.196 e. The second kappa shape index (κ2) is 5.81. The van der Waals surface area contributed by atoms with Crippen LogP contribution in [0.2, 0.25) is 0 Å². The summed E-state index contributed by atoms with van der Waals surface area (Å²) in [6.45, 7) is -0.361. The SMILES string of the molecule is O=c1c2ccccc2sc2ccc(OCC(O)CO)cc12. The lowest BCUT2D eigenvalue weighted by Crippen LogP contribution is -2.21. The van der Waals surface area contributed by atoms with Crippen molar-refractivity contribution in [1.29, 1.82) is 0 Å². The van der Waals surface area contributed by atoms with E-state index in [-0.39, 0.29) is 18.6 Å². The fraction of sp³-hybridized carbons (Fsp3) is 0.188. The zero-order chi connectivity index (χ0) is 14.8. The number of rotatable bonds is 4. The second-order valence-electron chi connectivity index (χ2n) is 4.73. The average molecular weight is 302 g/mol. The van der Waals surface area contributed by atoms with Gasteiger partial charge in [-0.2, -0.15) is 0 Å². The van der Waals surface area contributed by atoms with E-state index in [0.717, 1.165) is 9.40 Å². The molecule has 1 atom stereocenters. The van der Waals surface area contributed by atoms with Crippen LogP contribution in [-0.4, -0.2) is 29.5 Å². The number of hydrogen-bond donors (Lipinski definition) is 2. The van der Waals surface area contributed by atoms with Gasteiger partial charge >= 0.3 is 0 Å². The molecule has 0 aliphatic carbocycles. The van der Waals surface area contributed by atoms with Crippen molar-refractivity contribution in [3.8, 4) is 5.75 Å². The van der Waals surface area contributed by atoms with Gasteiger partial charge in [0.2, 0.25) is 0 Å². The molecule has 3 rings (SSSR count). The Bertz CT molecular complexity index is 840. The van der Waals surface area contributed by atoms with Gasteiger partial charge in [0.05, 0.1) is 6.61 Å².